The quantitative estimate of drug-likeness (QED) is 0.913. The van der Waals surface area contributed by atoms with Crippen LogP contribution in [0.15, 0.2) is 27.9 Å². The van der Waals surface area contributed by atoms with E-state index in [2.05, 4.69) is 10.2 Å². The van der Waals surface area contributed by atoms with Crippen molar-refractivity contribution in [2.45, 2.75) is 23.7 Å². The van der Waals surface area contributed by atoms with Crippen LogP contribution in [0.25, 0.3) is 0 Å². The number of amides is 1. The van der Waals surface area contributed by atoms with Crippen molar-refractivity contribution in [3.8, 4) is 0 Å². The first-order chi connectivity index (χ1) is 10.4. The lowest BCUT2D eigenvalue weighted by molar-refractivity contribution is -0.129. The van der Waals surface area contributed by atoms with E-state index in [1.807, 2.05) is 16.8 Å². The highest BCUT2D eigenvalue weighted by atomic mass is 32.2. The second-order valence-corrected chi connectivity index (χ2v) is 8.32. The molecule has 1 fully saturated rings. The van der Waals surface area contributed by atoms with Crippen LogP contribution in [-0.4, -0.2) is 48.8 Å². The van der Waals surface area contributed by atoms with Gasteiger partial charge in [-0.3, -0.25) is 9.89 Å². The number of thiophene rings is 1. The summed E-state index contributed by atoms with van der Waals surface area (Å²) in [7, 11) is -3.30. The number of nitrogens with zero attached hydrogens (tertiary/aromatic N) is 2. The van der Waals surface area contributed by atoms with Gasteiger partial charge in [0.15, 0.2) is 9.84 Å². The topological polar surface area (TPSA) is 83.1 Å². The van der Waals surface area contributed by atoms with Gasteiger partial charge in [-0.25, -0.2) is 8.42 Å². The fourth-order valence-corrected chi connectivity index (χ4v) is 4.30. The summed E-state index contributed by atoms with van der Waals surface area (Å²) in [5, 5.41) is 10.6. The van der Waals surface area contributed by atoms with E-state index in [-0.39, 0.29) is 16.7 Å². The van der Waals surface area contributed by atoms with Crippen LogP contribution >= 0.6 is 11.3 Å². The Morgan fingerprint density at radius 2 is 2.36 bits per heavy atom. The third-order valence-electron chi connectivity index (χ3n) is 3.92. The van der Waals surface area contributed by atoms with Crippen molar-refractivity contribution >= 4 is 27.1 Å². The van der Waals surface area contributed by atoms with Gasteiger partial charge in [-0.15, -0.1) is 0 Å². The van der Waals surface area contributed by atoms with Gasteiger partial charge in [-0.1, -0.05) is 0 Å². The predicted octanol–water partition coefficient (Wildman–Crippen LogP) is 1.43. The summed E-state index contributed by atoms with van der Waals surface area (Å²) in [5.74, 6) is 0.0833. The molecule has 0 bridgehead atoms. The van der Waals surface area contributed by atoms with Gasteiger partial charge in [-0.05, 0) is 28.8 Å². The molecular formula is C14H17N3O3S2. The Balaban J connectivity index is 1.70. The maximum absolute atomic E-state index is 12.3. The van der Waals surface area contributed by atoms with Crippen LogP contribution in [0.5, 0.6) is 0 Å². The molecule has 2 aromatic heterocycles. The van der Waals surface area contributed by atoms with Gasteiger partial charge in [0.2, 0.25) is 5.91 Å². The Bertz CT molecular complexity index is 765. The zero-order valence-corrected chi connectivity index (χ0v) is 13.8. The van der Waals surface area contributed by atoms with Crippen LogP contribution in [0.2, 0.25) is 0 Å². The largest absolute Gasteiger partial charge is 0.342 e. The lowest BCUT2D eigenvalue weighted by atomic mass is 10.1. The molecule has 0 unspecified atom stereocenters. The number of carbonyl (C=O) groups excluding carboxylic acids is 1. The first-order valence-corrected chi connectivity index (χ1v) is 9.80. The molecule has 0 radical (unpaired) electrons. The lowest BCUT2D eigenvalue weighted by Gasteiger charge is -2.16. The molecule has 1 aliphatic heterocycles. The van der Waals surface area contributed by atoms with Gasteiger partial charge in [0.25, 0.3) is 0 Å². The highest BCUT2D eigenvalue weighted by molar-refractivity contribution is 7.90. The Labute approximate surface area is 133 Å². The van der Waals surface area contributed by atoms with Crippen LogP contribution in [0.3, 0.4) is 0 Å². The van der Waals surface area contributed by atoms with E-state index < -0.39 is 9.84 Å². The standard InChI is InChI=1S/C14H17N3O3S2/c1-22(19,20)12-7-15-16-14(12)11-2-4-17(8-11)13(18)6-10-3-5-21-9-10/h3,5,7,9,11H,2,4,6,8H2,1H3,(H,15,16)/t11-/m0/s1. The first-order valence-electron chi connectivity index (χ1n) is 6.97. The SMILES string of the molecule is CS(=O)(=O)c1cn[nH]c1[C@H]1CCN(C(=O)Cc2ccsc2)C1. The zero-order chi connectivity index (χ0) is 15.7. The predicted molar refractivity (Wildman–Crippen MR) is 83.7 cm³/mol. The van der Waals surface area contributed by atoms with Crippen molar-refractivity contribution in [1.29, 1.82) is 0 Å². The van der Waals surface area contributed by atoms with Crippen LogP contribution in [0, 0.1) is 0 Å². The second kappa shape index (κ2) is 5.85. The molecule has 1 aliphatic rings. The fraction of sp³-hybridized carbons (Fsp3) is 0.429. The maximum atomic E-state index is 12.3. The molecular weight excluding hydrogens is 322 g/mol. The van der Waals surface area contributed by atoms with Crippen molar-refractivity contribution < 1.29 is 13.2 Å². The molecule has 1 N–H and O–H groups in total. The molecule has 118 valence electrons. The highest BCUT2D eigenvalue weighted by Gasteiger charge is 2.31. The number of hydrogen-bond donors (Lipinski definition) is 1. The van der Waals surface area contributed by atoms with Crippen molar-refractivity contribution in [3.63, 3.8) is 0 Å². The molecule has 22 heavy (non-hydrogen) atoms. The molecule has 6 nitrogen and oxygen atoms in total. The molecule has 3 heterocycles. The van der Waals surface area contributed by atoms with Gasteiger partial charge < -0.3 is 4.90 Å². The molecule has 1 amide bonds. The van der Waals surface area contributed by atoms with Gasteiger partial charge in [0.1, 0.15) is 4.90 Å². The normalized spacial score (nSPS) is 18.8. The summed E-state index contributed by atoms with van der Waals surface area (Å²) in [4.78, 5) is 14.3. The number of aromatic amines is 1. The van der Waals surface area contributed by atoms with Crippen molar-refractivity contribution in [3.05, 3.63) is 34.3 Å². The number of likely N-dealkylation sites (tertiary alicyclic amines) is 1. The third kappa shape index (κ3) is 3.07. The number of hydrogen-bond acceptors (Lipinski definition) is 5. The third-order valence-corrected chi connectivity index (χ3v) is 5.77. The molecule has 0 aromatic carbocycles. The minimum absolute atomic E-state index is 0.00125. The number of carbonyl (C=O) groups is 1. The highest BCUT2D eigenvalue weighted by Crippen LogP contribution is 2.30. The summed E-state index contributed by atoms with van der Waals surface area (Å²) < 4.78 is 23.5. The van der Waals surface area contributed by atoms with Gasteiger partial charge >= 0.3 is 0 Å². The minimum atomic E-state index is -3.30. The van der Waals surface area contributed by atoms with Crippen molar-refractivity contribution in [1.82, 2.24) is 15.1 Å². The molecule has 0 spiro atoms. The minimum Gasteiger partial charge on any atom is -0.342 e. The van der Waals surface area contributed by atoms with E-state index in [4.69, 9.17) is 0 Å². The van der Waals surface area contributed by atoms with E-state index in [1.54, 1.807) is 16.2 Å². The summed E-state index contributed by atoms with van der Waals surface area (Å²) >= 11 is 1.58. The average Bonchev–Trinajstić information content (AvgIpc) is 3.18. The number of H-pyrrole nitrogens is 1. The number of rotatable bonds is 4. The van der Waals surface area contributed by atoms with Gasteiger partial charge in [0, 0.05) is 25.3 Å². The average molecular weight is 339 g/mol. The summed E-state index contributed by atoms with van der Waals surface area (Å²) in [6.07, 6.45) is 3.68. The van der Waals surface area contributed by atoms with Crippen LogP contribution < -0.4 is 0 Å². The summed E-state index contributed by atoms with van der Waals surface area (Å²) in [6.45, 7) is 1.18. The van der Waals surface area contributed by atoms with E-state index in [0.717, 1.165) is 12.0 Å². The molecule has 1 saturated heterocycles. The van der Waals surface area contributed by atoms with Crippen molar-refractivity contribution in [2.24, 2.45) is 0 Å². The van der Waals surface area contributed by atoms with Crippen LogP contribution in [0.1, 0.15) is 23.6 Å². The monoisotopic (exact) mass is 339 g/mol. The Hall–Kier alpha value is -1.67. The molecule has 1 atom stereocenters. The number of aromatic nitrogens is 2. The molecule has 3 rings (SSSR count). The molecule has 0 saturated carbocycles. The van der Waals surface area contributed by atoms with E-state index >= 15 is 0 Å². The Kier molecular flexibility index (Phi) is 4.05. The fourth-order valence-electron chi connectivity index (χ4n) is 2.78. The van der Waals surface area contributed by atoms with E-state index in [9.17, 15) is 13.2 Å². The van der Waals surface area contributed by atoms with Gasteiger partial charge in [0.05, 0.1) is 18.3 Å². The smallest absolute Gasteiger partial charge is 0.227 e. The zero-order valence-electron chi connectivity index (χ0n) is 12.2. The van der Waals surface area contributed by atoms with Crippen LogP contribution in [-0.2, 0) is 21.1 Å². The molecule has 2 aromatic rings. The molecule has 8 heteroatoms. The Morgan fingerprint density at radius 3 is 3.05 bits per heavy atom. The maximum Gasteiger partial charge on any atom is 0.227 e. The summed E-state index contributed by atoms with van der Waals surface area (Å²) in [5.41, 5.74) is 1.64. The first kappa shape index (κ1) is 15.2. The summed E-state index contributed by atoms with van der Waals surface area (Å²) in [6, 6.07) is 1.95. The van der Waals surface area contributed by atoms with Crippen molar-refractivity contribution in [2.75, 3.05) is 19.3 Å². The van der Waals surface area contributed by atoms with E-state index in [1.165, 1.54) is 12.5 Å². The lowest BCUT2D eigenvalue weighted by Crippen LogP contribution is -2.29. The van der Waals surface area contributed by atoms with E-state index in [0.29, 0.717) is 25.2 Å². The second-order valence-electron chi connectivity index (χ2n) is 5.55. The number of nitrogens with one attached hydrogen (secondary N) is 1. The molecule has 0 aliphatic carbocycles. The number of sulfone groups is 1. The van der Waals surface area contributed by atoms with Crippen LogP contribution in [0.4, 0.5) is 0 Å². The Morgan fingerprint density at radius 1 is 1.55 bits per heavy atom. The van der Waals surface area contributed by atoms with Gasteiger partial charge in [-0.2, -0.15) is 16.4 Å².